The quantitative estimate of drug-likeness (QED) is 0.736. The molecule has 2 rings (SSSR count). The molecule has 0 bridgehead atoms. The summed E-state index contributed by atoms with van der Waals surface area (Å²) in [6.07, 6.45) is 2.41. The summed E-state index contributed by atoms with van der Waals surface area (Å²) in [6, 6.07) is 4.00. The van der Waals surface area contributed by atoms with Crippen LogP contribution in [0, 0.1) is 5.92 Å². The van der Waals surface area contributed by atoms with Gasteiger partial charge in [-0.2, -0.15) is 0 Å². The van der Waals surface area contributed by atoms with Gasteiger partial charge in [0.15, 0.2) is 11.5 Å². The van der Waals surface area contributed by atoms with Gasteiger partial charge in [-0.1, -0.05) is 19.1 Å². The molecule has 0 spiro atoms. The zero-order valence-electron chi connectivity index (χ0n) is 12.8. The van der Waals surface area contributed by atoms with Gasteiger partial charge in [0.2, 0.25) is 0 Å². The van der Waals surface area contributed by atoms with Gasteiger partial charge >= 0.3 is 0 Å². The molecule has 116 valence electrons. The van der Waals surface area contributed by atoms with Crippen LogP contribution in [-0.4, -0.2) is 36.7 Å². The van der Waals surface area contributed by atoms with Crippen LogP contribution in [0.2, 0.25) is 0 Å². The topological polar surface area (TPSA) is 21.7 Å². The summed E-state index contributed by atoms with van der Waals surface area (Å²) in [7, 11) is 1.65. The molecule has 0 saturated carbocycles. The van der Waals surface area contributed by atoms with Gasteiger partial charge in [0, 0.05) is 18.7 Å². The number of thiocarbonyl (C=S) groups is 1. The molecule has 0 amide bonds. The fourth-order valence-electron chi connectivity index (χ4n) is 2.55. The van der Waals surface area contributed by atoms with Crippen molar-refractivity contribution in [3.8, 4) is 11.5 Å². The second-order valence-electron chi connectivity index (χ2n) is 5.40. The predicted molar refractivity (Wildman–Crippen MR) is 93.5 cm³/mol. The Labute approximate surface area is 140 Å². The van der Waals surface area contributed by atoms with E-state index in [1.807, 2.05) is 19.1 Å². The lowest BCUT2D eigenvalue weighted by molar-refractivity contribution is 0.284. The fraction of sp³-hybridized carbons (Fsp3) is 0.562. The van der Waals surface area contributed by atoms with E-state index in [4.69, 9.17) is 21.7 Å². The molecule has 0 atom stereocenters. The van der Waals surface area contributed by atoms with Crippen LogP contribution in [0.1, 0.15) is 32.3 Å². The Balaban J connectivity index is 2.24. The van der Waals surface area contributed by atoms with Crippen LogP contribution in [0.15, 0.2) is 16.6 Å². The molecule has 1 fully saturated rings. The molecule has 1 saturated heterocycles. The average Bonchev–Trinajstić information content (AvgIpc) is 2.47. The highest BCUT2D eigenvalue weighted by atomic mass is 79.9. The predicted octanol–water partition coefficient (Wildman–Crippen LogP) is 4.26. The van der Waals surface area contributed by atoms with Gasteiger partial charge in [-0.25, -0.2) is 0 Å². The highest BCUT2D eigenvalue weighted by molar-refractivity contribution is 9.10. The monoisotopic (exact) mass is 371 g/mol. The third-order valence-electron chi connectivity index (χ3n) is 3.83. The van der Waals surface area contributed by atoms with Gasteiger partial charge < -0.3 is 14.4 Å². The molecule has 1 aromatic carbocycles. The van der Waals surface area contributed by atoms with E-state index in [0.717, 1.165) is 45.5 Å². The first-order valence-electron chi connectivity index (χ1n) is 7.36. The summed E-state index contributed by atoms with van der Waals surface area (Å²) in [5.74, 6) is 2.25. The molecule has 0 unspecified atom stereocenters. The Morgan fingerprint density at radius 3 is 2.62 bits per heavy atom. The van der Waals surface area contributed by atoms with Crippen LogP contribution in [0.5, 0.6) is 11.5 Å². The van der Waals surface area contributed by atoms with E-state index in [1.165, 1.54) is 12.8 Å². The van der Waals surface area contributed by atoms with Crippen molar-refractivity contribution in [1.29, 1.82) is 0 Å². The van der Waals surface area contributed by atoms with Crippen molar-refractivity contribution in [2.45, 2.75) is 26.7 Å². The Hall–Kier alpha value is -0.810. The van der Waals surface area contributed by atoms with E-state index in [9.17, 15) is 0 Å². The number of halogens is 1. The van der Waals surface area contributed by atoms with Crippen LogP contribution in [0.4, 0.5) is 0 Å². The average molecular weight is 372 g/mol. The van der Waals surface area contributed by atoms with Crippen molar-refractivity contribution in [3.05, 3.63) is 22.2 Å². The normalized spacial score (nSPS) is 15.9. The second-order valence-corrected chi connectivity index (χ2v) is 6.64. The van der Waals surface area contributed by atoms with Crippen molar-refractivity contribution < 1.29 is 9.47 Å². The Bertz CT molecular complexity index is 513. The molecule has 21 heavy (non-hydrogen) atoms. The van der Waals surface area contributed by atoms with Crippen molar-refractivity contribution in [2.75, 3.05) is 26.8 Å². The molecular formula is C16H22BrNO2S. The lowest BCUT2D eigenvalue weighted by Gasteiger charge is -2.32. The zero-order chi connectivity index (χ0) is 15.4. The molecule has 1 aliphatic rings. The van der Waals surface area contributed by atoms with Gasteiger partial charge in [-0.05, 0) is 53.7 Å². The third-order valence-corrected chi connectivity index (χ3v) is 4.91. The number of benzene rings is 1. The van der Waals surface area contributed by atoms with Crippen molar-refractivity contribution >= 4 is 33.1 Å². The van der Waals surface area contributed by atoms with Crippen LogP contribution in [-0.2, 0) is 0 Å². The number of rotatable bonds is 4. The number of likely N-dealkylation sites (tertiary alicyclic amines) is 1. The summed E-state index contributed by atoms with van der Waals surface area (Å²) in [6.45, 7) is 6.93. The minimum atomic E-state index is 0.597. The highest BCUT2D eigenvalue weighted by Crippen LogP contribution is 2.37. The standard InChI is InChI=1S/C16H22BrNO2S/c1-4-20-14-10-12(9-13(17)15(14)19-3)16(21)18-7-5-11(2)6-8-18/h9-11H,4-8H2,1-3H3. The van der Waals surface area contributed by atoms with Gasteiger partial charge in [0.1, 0.15) is 4.99 Å². The lowest BCUT2D eigenvalue weighted by Crippen LogP contribution is -2.37. The first-order valence-corrected chi connectivity index (χ1v) is 8.56. The summed E-state index contributed by atoms with van der Waals surface area (Å²) in [5.41, 5.74) is 1.01. The molecule has 0 N–H and O–H groups in total. The lowest BCUT2D eigenvalue weighted by atomic mass is 9.99. The van der Waals surface area contributed by atoms with E-state index in [0.29, 0.717) is 6.61 Å². The van der Waals surface area contributed by atoms with Crippen molar-refractivity contribution in [2.24, 2.45) is 5.92 Å². The Kier molecular flexibility index (Phi) is 5.88. The molecule has 1 aliphatic heterocycles. The van der Waals surface area contributed by atoms with Gasteiger partial charge in [-0.3, -0.25) is 0 Å². The fourth-order valence-corrected chi connectivity index (χ4v) is 3.45. The van der Waals surface area contributed by atoms with Crippen molar-refractivity contribution in [1.82, 2.24) is 4.90 Å². The highest BCUT2D eigenvalue weighted by Gasteiger charge is 2.21. The van der Waals surface area contributed by atoms with E-state index >= 15 is 0 Å². The molecule has 3 nitrogen and oxygen atoms in total. The smallest absolute Gasteiger partial charge is 0.174 e. The van der Waals surface area contributed by atoms with Gasteiger partial charge in [0.05, 0.1) is 18.2 Å². The first kappa shape index (κ1) is 16.6. The minimum absolute atomic E-state index is 0.597. The molecular weight excluding hydrogens is 350 g/mol. The molecule has 5 heteroatoms. The largest absolute Gasteiger partial charge is 0.492 e. The number of nitrogens with zero attached hydrogens (tertiary/aromatic N) is 1. The zero-order valence-corrected chi connectivity index (χ0v) is 15.2. The first-order chi connectivity index (χ1) is 10.1. The molecule has 0 aliphatic carbocycles. The number of methoxy groups -OCH3 is 1. The Morgan fingerprint density at radius 1 is 1.38 bits per heavy atom. The number of hydrogen-bond donors (Lipinski definition) is 0. The van der Waals surface area contributed by atoms with Crippen LogP contribution in [0.25, 0.3) is 0 Å². The Morgan fingerprint density at radius 2 is 2.05 bits per heavy atom. The van der Waals surface area contributed by atoms with E-state index < -0.39 is 0 Å². The number of hydrogen-bond acceptors (Lipinski definition) is 3. The molecule has 0 radical (unpaired) electrons. The van der Waals surface area contributed by atoms with Crippen LogP contribution in [0.3, 0.4) is 0 Å². The van der Waals surface area contributed by atoms with Gasteiger partial charge in [0.25, 0.3) is 0 Å². The number of piperidine rings is 1. The molecule has 1 aromatic rings. The maximum absolute atomic E-state index is 5.67. The molecule has 0 aromatic heterocycles. The SMILES string of the molecule is CCOc1cc(C(=S)N2CCC(C)CC2)cc(Br)c1OC. The van der Waals surface area contributed by atoms with Crippen molar-refractivity contribution in [3.63, 3.8) is 0 Å². The summed E-state index contributed by atoms with van der Waals surface area (Å²) >= 11 is 9.22. The summed E-state index contributed by atoms with van der Waals surface area (Å²) in [5, 5.41) is 0. The van der Waals surface area contributed by atoms with Crippen LogP contribution >= 0.6 is 28.1 Å². The maximum atomic E-state index is 5.67. The van der Waals surface area contributed by atoms with E-state index in [1.54, 1.807) is 7.11 Å². The summed E-state index contributed by atoms with van der Waals surface area (Å²) in [4.78, 5) is 3.19. The minimum Gasteiger partial charge on any atom is -0.492 e. The van der Waals surface area contributed by atoms with Gasteiger partial charge in [-0.15, -0.1) is 0 Å². The van der Waals surface area contributed by atoms with Crippen LogP contribution < -0.4 is 9.47 Å². The van der Waals surface area contributed by atoms with E-state index in [2.05, 4.69) is 27.8 Å². The number of ether oxygens (including phenoxy) is 2. The maximum Gasteiger partial charge on any atom is 0.174 e. The summed E-state index contributed by atoms with van der Waals surface area (Å²) < 4.78 is 11.9. The second kappa shape index (κ2) is 7.45. The third kappa shape index (κ3) is 3.89. The molecule has 1 heterocycles. The van der Waals surface area contributed by atoms with E-state index in [-0.39, 0.29) is 0 Å².